The highest BCUT2D eigenvalue weighted by molar-refractivity contribution is 7.71. The van der Waals surface area contributed by atoms with E-state index >= 15 is 0 Å². The Kier molecular flexibility index (Phi) is 5.29. The van der Waals surface area contributed by atoms with E-state index in [0.29, 0.717) is 0 Å². The van der Waals surface area contributed by atoms with Gasteiger partial charge < -0.3 is 0 Å². The van der Waals surface area contributed by atoms with Gasteiger partial charge in [0.15, 0.2) is 0 Å². The van der Waals surface area contributed by atoms with Crippen LogP contribution >= 0.6 is 7.49 Å². The summed E-state index contributed by atoms with van der Waals surface area (Å²) in [7, 11) is -0.939. The van der Waals surface area contributed by atoms with Gasteiger partial charge in [0.1, 0.15) is 7.49 Å². The van der Waals surface area contributed by atoms with Gasteiger partial charge in [-0.2, -0.15) is 0 Å². The molecular weight excluding hydrogens is 143 g/mol. The van der Waals surface area contributed by atoms with Crippen LogP contribution in [0.15, 0.2) is 0 Å². The van der Waals surface area contributed by atoms with Gasteiger partial charge in [0.2, 0.25) is 0 Å². The number of hydrogen-bond donors (Lipinski definition) is 0. The molecule has 0 atom stereocenters. The molecule has 0 amide bonds. The molecule has 0 rings (SSSR count). The van der Waals surface area contributed by atoms with E-state index in [0.717, 1.165) is 6.61 Å². The van der Waals surface area contributed by atoms with Crippen LogP contribution in [0.25, 0.3) is 0 Å². The summed E-state index contributed by atoms with van der Waals surface area (Å²) < 4.78 is 5.79. The second-order valence-electron chi connectivity index (χ2n) is 2.42. The second-order valence-corrected chi connectivity index (χ2v) is 6.70. The Morgan fingerprint density at radius 3 is 1.40 bits per heavy atom. The maximum absolute atomic E-state index is 5.79. The lowest BCUT2D eigenvalue weighted by Crippen LogP contribution is -2.06. The molecule has 0 heterocycles. The molecule has 1 nitrogen and oxygen atoms in total. The molecule has 0 spiro atoms. The monoisotopic (exact) mass is 163 g/mol. The summed E-state index contributed by atoms with van der Waals surface area (Å²) in [6.45, 7) is 9.72. The van der Waals surface area contributed by atoms with E-state index < -0.39 is 7.49 Å². The summed E-state index contributed by atoms with van der Waals surface area (Å²) in [4.78, 5) is 0. The normalized spacial score (nSPS) is 12.0. The topological polar surface area (TPSA) is 9.23 Å². The van der Waals surface area contributed by atoms with Crippen molar-refractivity contribution in [3.05, 3.63) is 0 Å². The standard InChI is InChI=1S/C8H20OP/c1-5-9-10(6-2,7-3)8-4/h5-8H2,1-4H3/q+1. The van der Waals surface area contributed by atoms with Crippen LogP contribution in [-0.2, 0) is 4.52 Å². The number of rotatable bonds is 5. The van der Waals surface area contributed by atoms with Gasteiger partial charge in [0, 0.05) is 0 Å². The summed E-state index contributed by atoms with van der Waals surface area (Å²) in [5.41, 5.74) is 0. The van der Waals surface area contributed by atoms with Gasteiger partial charge in [-0.1, -0.05) is 0 Å². The van der Waals surface area contributed by atoms with E-state index in [9.17, 15) is 0 Å². The molecule has 62 valence electrons. The Bertz CT molecular complexity index is 71.1. The Labute approximate surface area is 65.6 Å². The van der Waals surface area contributed by atoms with Crippen LogP contribution in [0.4, 0.5) is 0 Å². The molecule has 0 aromatic carbocycles. The fourth-order valence-corrected chi connectivity index (χ4v) is 3.66. The van der Waals surface area contributed by atoms with Crippen molar-refractivity contribution in [2.24, 2.45) is 0 Å². The molecule has 0 fully saturated rings. The molecule has 0 radical (unpaired) electrons. The van der Waals surface area contributed by atoms with Crippen molar-refractivity contribution in [3.8, 4) is 0 Å². The second kappa shape index (κ2) is 5.09. The minimum atomic E-state index is -0.939. The highest BCUT2D eigenvalue weighted by atomic mass is 31.2. The maximum Gasteiger partial charge on any atom is 0.144 e. The molecule has 10 heavy (non-hydrogen) atoms. The molecule has 0 aliphatic carbocycles. The summed E-state index contributed by atoms with van der Waals surface area (Å²) in [6, 6.07) is 0. The smallest absolute Gasteiger partial charge is 0.144 e. The Morgan fingerprint density at radius 1 is 0.900 bits per heavy atom. The summed E-state index contributed by atoms with van der Waals surface area (Å²) >= 11 is 0. The first kappa shape index (κ1) is 10.4. The summed E-state index contributed by atoms with van der Waals surface area (Å²) in [5.74, 6) is 0. The van der Waals surface area contributed by atoms with E-state index in [2.05, 4.69) is 27.7 Å². The quantitative estimate of drug-likeness (QED) is 0.566. The van der Waals surface area contributed by atoms with Crippen molar-refractivity contribution in [1.82, 2.24) is 0 Å². The first-order valence-corrected chi connectivity index (χ1v) is 6.51. The van der Waals surface area contributed by atoms with E-state index in [4.69, 9.17) is 4.52 Å². The van der Waals surface area contributed by atoms with Crippen molar-refractivity contribution in [2.75, 3.05) is 25.1 Å². The van der Waals surface area contributed by atoms with Gasteiger partial charge in [0.25, 0.3) is 0 Å². The van der Waals surface area contributed by atoms with Crippen LogP contribution in [-0.4, -0.2) is 25.1 Å². The molecule has 0 unspecified atom stereocenters. The predicted molar refractivity (Wildman–Crippen MR) is 50.2 cm³/mol. The van der Waals surface area contributed by atoms with Gasteiger partial charge in [-0.25, -0.2) is 4.52 Å². The van der Waals surface area contributed by atoms with Crippen LogP contribution in [0.2, 0.25) is 0 Å². The Balaban J connectivity index is 3.87. The molecule has 2 heteroatoms. The zero-order chi connectivity index (χ0) is 8.04. The zero-order valence-corrected chi connectivity index (χ0v) is 8.58. The highest BCUT2D eigenvalue weighted by Crippen LogP contribution is 2.58. The first-order valence-electron chi connectivity index (χ1n) is 4.25. The SMILES string of the molecule is CCO[P+](CC)(CC)CC. The van der Waals surface area contributed by atoms with Crippen molar-refractivity contribution in [3.63, 3.8) is 0 Å². The largest absolute Gasteiger partial charge is 0.239 e. The summed E-state index contributed by atoms with van der Waals surface area (Å²) in [5, 5.41) is 0. The lowest BCUT2D eigenvalue weighted by Gasteiger charge is -2.20. The van der Waals surface area contributed by atoms with Gasteiger partial charge >= 0.3 is 0 Å². The van der Waals surface area contributed by atoms with E-state index in [1.54, 1.807) is 0 Å². The fourth-order valence-electron chi connectivity index (χ4n) is 1.22. The molecule has 0 aromatic heterocycles. The van der Waals surface area contributed by atoms with Gasteiger partial charge in [-0.05, 0) is 27.7 Å². The number of hydrogen-bond acceptors (Lipinski definition) is 1. The Hall–Kier alpha value is 0.390. The van der Waals surface area contributed by atoms with E-state index in [1.807, 2.05) is 0 Å². The van der Waals surface area contributed by atoms with Crippen molar-refractivity contribution in [2.45, 2.75) is 27.7 Å². The predicted octanol–water partition coefficient (Wildman–Crippen LogP) is 3.02. The highest BCUT2D eigenvalue weighted by Gasteiger charge is 2.32. The lowest BCUT2D eigenvalue weighted by molar-refractivity contribution is 0.365. The summed E-state index contributed by atoms with van der Waals surface area (Å²) in [6.07, 6.45) is 3.73. The molecule has 0 aliphatic rings. The molecule has 0 saturated carbocycles. The third-order valence-corrected chi connectivity index (χ3v) is 6.40. The minimum Gasteiger partial charge on any atom is -0.239 e. The molecule has 0 aliphatic heterocycles. The van der Waals surface area contributed by atoms with Crippen LogP contribution in [0.3, 0.4) is 0 Å². The van der Waals surface area contributed by atoms with Gasteiger partial charge in [-0.3, -0.25) is 0 Å². The molecular formula is C8H20OP+. The maximum atomic E-state index is 5.79. The molecule has 0 N–H and O–H groups in total. The third-order valence-electron chi connectivity index (χ3n) is 2.13. The molecule has 0 saturated heterocycles. The van der Waals surface area contributed by atoms with Crippen molar-refractivity contribution in [1.29, 1.82) is 0 Å². The lowest BCUT2D eigenvalue weighted by atomic mass is 10.9. The van der Waals surface area contributed by atoms with Gasteiger partial charge in [-0.15, -0.1) is 0 Å². The first-order chi connectivity index (χ1) is 4.74. The molecule has 0 aromatic rings. The van der Waals surface area contributed by atoms with Crippen LogP contribution in [0.1, 0.15) is 27.7 Å². The zero-order valence-electron chi connectivity index (χ0n) is 7.68. The van der Waals surface area contributed by atoms with Crippen molar-refractivity contribution >= 4 is 7.49 Å². The average Bonchev–Trinajstić information content (AvgIpc) is 2.01. The molecule has 0 bridgehead atoms. The third kappa shape index (κ3) is 2.56. The van der Waals surface area contributed by atoms with Crippen LogP contribution < -0.4 is 0 Å². The van der Waals surface area contributed by atoms with E-state index in [-0.39, 0.29) is 0 Å². The van der Waals surface area contributed by atoms with Gasteiger partial charge in [0.05, 0.1) is 25.1 Å². The Morgan fingerprint density at radius 2 is 1.30 bits per heavy atom. The van der Waals surface area contributed by atoms with Crippen LogP contribution in [0, 0.1) is 0 Å². The average molecular weight is 163 g/mol. The van der Waals surface area contributed by atoms with E-state index in [1.165, 1.54) is 18.5 Å². The minimum absolute atomic E-state index is 0.892. The fraction of sp³-hybridized carbons (Fsp3) is 1.00. The van der Waals surface area contributed by atoms with Crippen molar-refractivity contribution < 1.29 is 4.52 Å². The van der Waals surface area contributed by atoms with Crippen LogP contribution in [0.5, 0.6) is 0 Å².